The largest absolute Gasteiger partial charge is 0.316 e. The third-order valence-corrected chi connectivity index (χ3v) is 6.82. The number of hydrogen-bond acceptors (Lipinski definition) is 5. The van der Waals surface area contributed by atoms with Gasteiger partial charge in [-0.25, -0.2) is 4.98 Å². The maximum Gasteiger partial charge on any atom is 0.226 e. The predicted molar refractivity (Wildman–Crippen MR) is 101 cm³/mol. The van der Waals surface area contributed by atoms with Crippen LogP contribution in [-0.4, -0.2) is 31.1 Å². The highest BCUT2D eigenvalue weighted by Crippen LogP contribution is 2.32. The summed E-state index contributed by atoms with van der Waals surface area (Å²) in [6.45, 7) is 5.82. The van der Waals surface area contributed by atoms with Crippen molar-refractivity contribution in [3.05, 3.63) is 30.2 Å². The predicted octanol–water partition coefficient (Wildman–Crippen LogP) is 3.78. The van der Waals surface area contributed by atoms with E-state index in [9.17, 15) is 9.00 Å². The summed E-state index contributed by atoms with van der Waals surface area (Å²) < 4.78 is 11.5. The number of anilines is 1. The van der Waals surface area contributed by atoms with E-state index in [1.54, 1.807) is 18.6 Å². The van der Waals surface area contributed by atoms with Crippen LogP contribution in [0.25, 0.3) is 10.6 Å². The van der Waals surface area contributed by atoms with Crippen LogP contribution in [0.2, 0.25) is 0 Å². The van der Waals surface area contributed by atoms with Crippen LogP contribution in [0.15, 0.2) is 24.5 Å². The highest BCUT2D eigenvalue weighted by Gasteiger charge is 2.31. The van der Waals surface area contributed by atoms with Gasteiger partial charge in [0.1, 0.15) is 10.0 Å². The van der Waals surface area contributed by atoms with Gasteiger partial charge in [0.05, 0.1) is 10.4 Å². The molecule has 1 N–H and O–H groups in total. The normalized spacial score (nSPS) is 14.8. The number of aryl methyl sites for hydroxylation is 1. The molecule has 0 aliphatic rings. The van der Waals surface area contributed by atoms with Crippen molar-refractivity contribution in [2.45, 2.75) is 44.8 Å². The lowest BCUT2D eigenvalue weighted by Crippen LogP contribution is -2.34. The fraction of sp³-hybridized carbons (Fsp3) is 0.471. The van der Waals surface area contributed by atoms with Crippen LogP contribution in [0.5, 0.6) is 0 Å². The van der Waals surface area contributed by atoms with E-state index in [2.05, 4.69) is 15.3 Å². The smallest absolute Gasteiger partial charge is 0.226 e. The molecule has 5 nitrogen and oxygen atoms in total. The van der Waals surface area contributed by atoms with Crippen molar-refractivity contribution in [1.82, 2.24) is 9.97 Å². The Balaban J connectivity index is 2.12. The second-order valence-corrected chi connectivity index (χ2v) is 8.95. The molecule has 0 radical (unpaired) electrons. The van der Waals surface area contributed by atoms with Gasteiger partial charge in [0.25, 0.3) is 0 Å². The zero-order valence-electron chi connectivity index (χ0n) is 14.5. The van der Waals surface area contributed by atoms with Gasteiger partial charge in [-0.3, -0.25) is 14.0 Å². The number of carbonyl (C=O) groups is 1. The summed E-state index contributed by atoms with van der Waals surface area (Å²) >= 11 is 1.43. The molecule has 0 bridgehead atoms. The Hall–Kier alpha value is -1.60. The summed E-state index contributed by atoms with van der Waals surface area (Å²) in [5, 5.41) is 4.49. The molecule has 0 spiro atoms. The summed E-state index contributed by atoms with van der Waals surface area (Å²) in [6, 6.07) is 3.80. The number of carbonyl (C=O) groups excluding carboxylic acids is 1. The third kappa shape index (κ3) is 4.48. The molecule has 2 aromatic heterocycles. The van der Waals surface area contributed by atoms with Gasteiger partial charge in [0, 0.05) is 41.4 Å². The first-order valence-corrected chi connectivity index (χ1v) is 10.2. The highest BCUT2D eigenvalue weighted by atomic mass is 32.2. The van der Waals surface area contributed by atoms with Crippen LogP contribution in [0.4, 0.5) is 5.00 Å². The second-order valence-electron chi connectivity index (χ2n) is 6.05. The number of amides is 1. The number of nitrogens with one attached hydrogen (secondary N) is 1. The van der Waals surface area contributed by atoms with Crippen molar-refractivity contribution in [2.75, 3.05) is 11.6 Å². The van der Waals surface area contributed by atoms with Crippen molar-refractivity contribution in [2.24, 2.45) is 0 Å². The molecule has 1 unspecified atom stereocenters. The van der Waals surface area contributed by atoms with Gasteiger partial charge >= 0.3 is 0 Å². The Kier molecular flexibility index (Phi) is 6.23. The summed E-state index contributed by atoms with van der Waals surface area (Å²) in [7, 11) is -1.06. The Labute approximate surface area is 149 Å². The van der Waals surface area contributed by atoms with Crippen molar-refractivity contribution in [1.29, 1.82) is 0 Å². The lowest BCUT2D eigenvalue weighted by Gasteiger charge is -2.25. The van der Waals surface area contributed by atoms with E-state index in [4.69, 9.17) is 0 Å². The van der Waals surface area contributed by atoms with Crippen LogP contribution >= 0.6 is 11.3 Å². The molecule has 2 atom stereocenters. The first-order chi connectivity index (χ1) is 11.4. The monoisotopic (exact) mass is 365 g/mol. The lowest BCUT2D eigenvalue weighted by atomic mass is 10.0. The number of pyridine rings is 1. The van der Waals surface area contributed by atoms with E-state index in [-0.39, 0.29) is 12.3 Å². The molecule has 24 heavy (non-hydrogen) atoms. The molecule has 0 aromatic carbocycles. The van der Waals surface area contributed by atoms with Crippen molar-refractivity contribution >= 4 is 33.0 Å². The minimum absolute atomic E-state index is 0.120. The molecule has 0 aliphatic carbocycles. The van der Waals surface area contributed by atoms with Crippen LogP contribution in [0.1, 0.15) is 38.8 Å². The maximum absolute atomic E-state index is 12.4. The van der Waals surface area contributed by atoms with Gasteiger partial charge in [-0.1, -0.05) is 24.7 Å². The zero-order chi connectivity index (χ0) is 17.7. The standard InChI is InChI=1S/C17H23N3O2S2/c1-5-8-17(3,24(4)22)10-14(21)20-15-12(2)19-16(23-15)13-7-6-9-18-11-13/h6-7,9,11H,5,8,10H2,1-4H3,(H,20,21)/t17?,24-/m1/s1. The molecule has 130 valence electrons. The molecule has 2 heterocycles. The van der Waals surface area contributed by atoms with Crippen LogP contribution in [0.3, 0.4) is 0 Å². The molecular weight excluding hydrogens is 342 g/mol. The Morgan fingerprint density at radius 3 is 2.79 bits per heavy atom. The number of hydrogen-bond donors (Lipinski definition) is 1. The number of rotatable bonds is 7. The van der Waals surface area contributed by atoms with Crippen LogP contribution in [0, 0.1) is 6.92 Å². The molecule has 7 heteroatoms. The van der Waals surface area contributed by atoms with Crippen LogP contribution < -0.4 is 5.32 Å². The third-order valence-electron chi connectivity index (χ3n) is 3.97. The molecule has 0 fully saturated rings. The van der Waals surface area contributed by atoms with E-state index >= 15 is 0 Å². The summed E-state index contributed by atoms with van der Waals surface area (Å²) in [4.78, 5) is 21.0. The minimum atomic E-state index is -1.06. The molecule has 2 aromatic rings. The van der Waals surface area contributed by atoms with Gasteiger partial charge < -0.3 is 5.32 Å². The SMILES string of the molecule is CCCC(C)(CC(=O)Nc1sc(-c2cccnc2)nc1C)[S@@](C)=O. The first kappa shape index (κ1) is 18.7. The summed E-state index contributed by atoms with van der Waals surface area (Å²) in [5.74, 6) is -0.120. The van der Waals surface area contributed by atoms with E-state index < -0.39 is 15.5 Å². The van der Waals surface area contributed by atoms with Gasteiger partial charge in [-0.05, 0) is 32.4 Å². The van der Waals surface area contributed by atoms with Gasteiger partial charge in [-0.2, -0.15) is 0 Å². The number of nitrogens with zero attached hydrogens (tertiary/aromatic N) is 2. The minimum Gasteiger partial charge on any atom is -0.316 e. The van der Waals surface area contributed by atoms with E-state index in [1.165, 1.54) is 11.3 Å². The van der Waals surface area contributed by atoms with E-state index in [0.717, 1.165) is 34.1 Å². The summed E-state index contributed by atoms with van der Waals surface area (Å²) in [5.41, 5.74) is 1.71. The molecule has 2 rings (SSSR count). The number of aromatic nitrogens is 2. The first-order valence-electron chi connectivity index (χ1n) is 7.87. The topological polar surface area (TPSA) is 72.0 Å². The Bertz CT molecular complexity index is 731. The fourth-order valence-electron chi connectivity index (χ4n) is 2.50. The van der Waals surface area contributed by atoms with Crippen molar-refractivity contribution in [3.63, 3.8) is 0 Å². The van der Waals surface area contributed by atoms with Crippen LogP contribution in [-0.2, 0) is 15.6 Å². The molecule has 1 amide bonds. The molecular formula is C17H23N3O2S2. The van der Waals surface area contributed by atoms with Gasteiger partial charge in [-0.15, -0.1) is 0 Å². The number of thiazole rings is 1. The average molecular weight is 366 g/mol. The van der Waals surface area contributed by atoms with Crippen molar-refractivity contribution in [3.8, 4) is 10.6 Å². The second kappa shape index (κ2) is 7.98. The lowest BCUT2D eigenvalue weighted by molar-refractivity contribution is -0.116. The van der Waals surface area contributed by atoms with Gasteiger partial charge in [0.2, 0.25) is 5.91 Å². The van der Waals surface area contributed by atoms with Gasteiger partial charge in [0.15, 0.2) is 0 Å². The molecule has 0 aliphatic heterocycles. The fourth-order valence-corrected chi connectivity index (χ4v) is 4.30. The molecule has 0 saturated heterocycles. The van der Waals surface area contributed by atoms with E-state index in [0.29, 0.717) is 0 Å². The average Bonchev–Trinajstić information content (AvgIpc) is 2.89. The van der Waals surface area contributed by atoms with E-state index in [1.807, 2.05) is 32.9 Å². The maximum atomic E-state index is 12.4. The quantitative estimate of drug-likeness (QED) is 0.810. The molecule has 0 saturated carbocycles. The highest BCUT2D eigenvalue weighted by molar-refractivity contribution is 7.85. The zero-order valence-corrected chi connectivity index (χ0v) is 16.1. The Morgan fingerprint density at radius 2 is 2.21 bits per heavy atom. The summed E-state index contributed by atoms with van der Waals surface area (Å²) in [6.07, 6.45) is 7.03. The van der Waals surface area contributed by atoms with Crippen molar-refractivity contribution < 1.29 is 9.00 Å². The Morgan fingerprint density at radius 1 is 1.46 bits per heavy atom.